The predicted octanol–water partition coefficient (Wildman–Crippen LogP) is 4.51. The number of rotatable bonds is 8. The maximum atomic E-state index is 14.7. The molecule has 0 aliphatic carbocycles. The zero-order valence-corrected chi connectivity index (χ0v) is 19.1. The summed E-state index contributed by atoms with van der Waals surface area (Å²) in [4.78, 5) is 4.38. The zero-order chi connectivity index (χ0) is 23.5. The number of nitrogens with zero attached hydrogens (tertiary/aromatic N) is 1. The minimum atomic E-state index is -0.868. The third-order valence-corrected chi connectivity index (χ3v) is 6.26. The monoisotopic (exact) mass is 465 g/mol. The minimum Gasteiger partial charge on any atom is -0.497 e. The van der Waals surface area contributed by atoms with E-state index >= 15 is 0 Å². The number of hydrogen-bond donors (Lipinski definition) is 2. The van der Waals surface area contributed by atoms with E-state index in [-0.39, 0.29) is 23.7 Å². The van der Waals surface area contributed by atoms with Crippen molar-refractivity contribution in [1.82, 2.24) is 0 Å². The average molecular weight is 466 g/mol. The molecule has 3 rings (SSSR count). The molecule has 0 radical (unpaired) electrons. The molecule has 0 bridgehead atoms. The summed E-state index contributed by atoms with van der Waals surface area (Å²) in [6.45, 7) is 1.94. The first-order valence-electron chi connectivity index (χ1n) is 9.89. The van der Waals surface area contributed by atoms with Crippen molar-refractivity contribution in [2.24, 2.45) is 16.1 Å². The Labute approximate surface area is 191 Å². The number of aliphatic imine (C=N–C) groups is 1. The maximum absolute atomic E-state index is 14.7. The van der Waals surface area contributed by atoms with E-state index in [4.69, 9.17) is 31.5 Å². The molecule has 1 aliphatic rings. The molecule has 2 aromatic rings. The second-order valence-electron chi connectivity index (χ2n) is 7.64. The van der Waals surface area contributed by atoms with Crippen LogP contribution in [0.3, 0.4) is 0 Å². The van der Waals surface area contributed by atoms with Gasteiger partial charge in [0.1, 0.15) is 17.6 Å². The molecule has 6 nitrogen and oxygen atoms in total. The van der Waals surface area contributed by atoms with Crippen molar-refractivity contribution in [3.63, 3.8) is 0 Å². The summed E-state index contributed by atoms with van der Waals surface area (Å²) in [5.41, 5.74) is 6.78. The van der Waals surface area contributed by atoms with Crippen LogP contribution in [0.4, 0.5) is 14.5 Å². The van der Waals surface area contributed by atoms with Crippen LogP contribution in [0.5, 0.6) is 17.2 Å². The van der Waals surface area contributed by atoms with E-state index in [1.165, 1.54) is 20.4 Å². The van der Waals surface area contributed by atoms with Gasteiger partial charge in [-0.3, -0.25) is 4.99 Å². The minimum absolute atomic E-state index is 0.0252. The molecule has 1 heterocycles. The number of anilines is 1. The molecule has 0 fully saturated rings. The lowest BCUT2D eigenvalue weighted by Crippen LogP contribution is -2.43. The van der Waals surface area contributed by atoms with Crippen LogP contribution in [0.15, 0.2) is 45.9 Å². The highest BCUT2D eigenvalue weighted by Gasteiger charge is 2.39. The summed E-state index contributed by atoms with van der Waals surface area (Å²) in [6, 6.07) is 8.74. The van der Waals surface area contributed by atoms with Gasteiger partial charge in [-0.1, -0.05) is 30.7 Å². The summed E-state index contributed by atoms with van der Waals surface area (Å²) in [6.07, 6.45) is 1.47. The van der Waals surface area contributed by atoms with E-state index < -0.39 is 23.2 Å². The first-order valence-corrected chi connectivity index (χ1v) is 10.3. The van der Waals surface area contributed by atoms with Crippen LogP contribution >= 0.6 is 11.6 Å². The lowest BCUT2D eigenvalue weighted by atomic mass is 9.77. The van der Waals surface area contributed by atoms with Crippen molar-refractivity contribution in [2.75, 3.05) is 33.2 Å². The Hall–Kier alpha value is -2.84. The SMILES string of the molecule is COc1ccc(CC2(C)C(Cl)=C(CNc3c(F)c(OC)cc(OC)c3F)C=NC2N)cc1. The fourth-order valence-electron chi connectivity index (χ4n) is 3.59. The number of dihydropyridines is 1. The van der Waals surface area contributed by atoms with Crippen molar-refractivity contribution in [3.05, 3.63) is 58.1 Å². The van der Waals surface area contributed by atoms with Gasteiger partial charge in [0.15, 0.2) is 23.1 Å². The molecule has 0 saturated carbocycles. The van der Waals surface area contributed by atoms with Gasteiger partial charge in [-0.05, 0) is 24.1 Å². The summed E-state index contributed by atoms with van der Waals surface area (Å²) < 4.78 is 44.5. The van der Waals surface area contributed by atoms with Crippen LogP contribution in [0.25, 0.3) is 0 Å². The van der Waals surface area contributed by atoms with Gasteiger partial charge in [0.2, 0.25) is 0 Å². The number of ether oxygens (including phenoxy) is 3. The third-order valence-electron chi connectivity index (χ3n) is 5.59. The van der Waals surface area contributed by atoms with E-state index in [1.54, 1.807) is 7.11 Å². The van der Waals surface area contributed by atoms with Crippen LogP contribution in [0, 0.1) is 17.0 Å². The topological polar surface area (TPSA) is 78.1 Å². The molecule has 0 aromatic heterocycles. The highest BCUT2D eigenvalue weighted by atomic mass is 35.5. The molecule has 3 N–H and O–H groups in total. The quantitative estimate of drug-likeness (QED) is 0.599. The van der Waals surface area contributed by atoms with Crippen molar-refractivity contribution in [3.8, 4) is 17.2 Å². The van der Waals surface area contributed by atoms with Crippen molar-refractivity contribution < 1.29 is 23.0 Å². The van der Waals surface area contributed by atoms with Gasteiger partial charge in [0.05, 0.1) is 21.3 Å². The number of nitrogens with two attached hydrogens (primary N) is 1. The molecule has 9 heteroatoms. The Morgan fingerprint density at radius 1 is 1.06 bits per heavy atom. The van der Waals surface area contributed by atoms with Crippen LogP contribution in [-0.4, -0.2) is 40.3 Å². The molecule has 0 amide bonds. The normalized spacial score (nSPS) is 20.3. The summed E-state index contributed by atoms with van der Waals surface area (Å²) in [7, 11) is 4.18. The Balaban J connectivity index is 1.88. The Bertz CT molecular complexity index is 1020. The first kappa shape index (κ1) is 23.8. The summed E-state index contributed by atoms with van der Waals surface area (Å²) in [5.74, 6) is -1.28. The van der Waals surface area contributed by atoms with Gasteiger partial charge in [-0.25, -0.2) is 8.78 Å². The lowest BCUT2D eigenvalue weighted by Gasteiger charge is -2.37. The standard InChI is InChI=1S/C23H26ClF2N3O3/c1-23(10-13-5-7-15(30-2)8-6-13)21(24)14(12-29-22(23)27)11-28-20-18(25)16(31-3)9-17(32-4)19(20)26/h5-9,12,22,28H,10-11,27H2,1-4H3. The molecule has 0 spiro atoms. The van der Waals surface area contributed by atoms with E-state index in [2.05, 4.69) is 10.3 Å². The lowest BCUT2D eigenvalue weighted by molar-refractivity contribution is 0.327. The number of nitrogens with one attached hydrogen (secondary N) is 1. The highest BCUT2D eigenvalue weighted by molar-refractivity contribution is 6.32. The second-order valence-corrected chi connectivity index (χ2v) is 8.02. The number of benzene rings is 2. The van der Waals surface area contributed by atoms with Crippen molar-refractivity contribution >= 4 is 23.5 Å². The number of halogens is 3. The second kappa shape index (κ2) is 9.75. The van der Waals surface area contributed by atoms with Crippen LogP contribution in [-0.2, 0) is 6.42 Å². The maximum Gasteiger partial charge on any atom is 0.191 e. The molecule has 2 unspecified atom stereocenters. The van der Waals surface area contributed by atoms with Gasteiger partial charge in [0, 0.05) is 34.8 Å². The fourth-order valence-corrected chi connectivity index (χ4v) is 3.88. The van der Waals surface area contributed by atoms with Gasteiger partial charge >= 0.3 is 0 Å². The molecule has 2 atom stereocenters. The highest BCUT2D eigenvalue weighted by Crippen LogP contribution is 2.41. The van der Waals surface area contributed by atoms with E-state index in [9.17, 15) is 8.78 Å². The van der Waals surface area contributed by atoms with Gasteiger partial charge < -0.3 is 25.3 Å². The number of hydrogen-bond acceptors (Lipinski definition) is 6. The molecule has 32 heavy (non-hydrogen) atoms. The Morgan fingerprint density at radius 3 is 2.19 bits per heavy atom. The smallest absolute Gasteiger partial charge is 0.191 e. The van der Waals surface area contributed by atoms with Crippen molar-refractivity contribution in [1.29, 1.82) is 0 Å². The van der Waals surface area contributed by atoms with Crippen LogP contribution < -0.4 is 25.3 Å². The molecular weight excluding hydrogens is 440 g/mol. The molecule has 0 saturated heterocycles. The molecule has 1 aliphatic heterocycles. The van der Waals surface area contributed by atoms with Crippen LogP contribution in [0.1, 0.15) is 12.5 Å². The van der Waals surface area contributed by atoms with Crippen molar-refractivity contribution in [2.45, 2.75) is 19.5 Å². The van der Waals surface area contributed by atoms with E-state index in [0.717, 1.165) is 17.4 Å². The Kier molecular flexibility index (Phi) is 7.26. The van der Waals surface area contributed by atoms with Gasteiger partial charge in [0.25, 0.3) is 0 Å². The number of methoxy groups -OCH3 is 3. The summed E-state index contributed by atoms with van der Waals surface area (Å²) in [5, 5.41) is 3.23. The van der Waals surface area contributed by atoms with Gasteiger partial charge in [-0.2, -0.15) is 0 Å². The van der Waals surface area contributed by atoms with E-state index in [0.29, 0.717) is 17.0 Å². The third kappa shape index (κ3) is 4.52. The summed E-state index contributed by atoms with van der Waals surface area (Å²) >= 11 is 6.76. The molecule has 172 valence electrons. The van der Waals surface area contributed by atoms with Crippen LogP contribution in [0.2, 0.25) is 0 Å². The zero-order valence-electron chi connectivity index (χ0n) is 18.3. The average Bonchev–Trinajstić information content (AvgIpc) is 2.80. The molecule has 2 aromatic carbocycles. The predicted molar refractivity (Wildman–Crippen MR) is 122 cm³/mol. The largest absolute Gasteiger partial charge is 0.497 e. The Morgan fingerprint density at radius 2 is 1.66 bits per heavy atom. The fraction of sp³-hybridized carbons (Fsp3) is 0.348. The molecular formula is C23H26ClF2N3O3. The van der Waals surface area contributed by atoms with E-state index in [1.807, 2.05) is 31.2 Å². The van der Waals surface area contributed by atoms with Gasteiger partial charge in [-0.15, -0.1) is 0 Å². The first-order chi connectivity index (χ1) is 15.2.